The van der Waals surface area contributed by atoms with Crippen molar-refractivity contribution >= 4 is 27.8 Å². The zero-order valence-electron chi connectivity index (χ0n) is 17.4. The van der Waals surface area contributed by atoms with E-state index in [9.17, 15) is 14.3 Å². The highest BCUT2D eigenvalue weighted by Gasteiger charge is 2.32. The Hall–Kier alpha value is -3.19. The number of benzene rings is 2. The first-order valence-corrected chi connectivity index (χ1v) is 10.6. The van der Waals surface area contributed by atoms with E-state index in [1.165, 1.54) is 17.7 Å². The molecule has 0 bridgehead atoms. The van der Waals surface area contributed by atoms with E-state index in [-0.39, 0.29) is 17.7 Å². The molecule has 31 heavy (non-hydrogen) atoms. The van der Waals surface area contributed by atoms with Crippen LogP contribution in [-0.2, 0) is 9.53 Å². The van der Waals surface area contributed by atoms with E-state index < -0.39 is 12.1 Å². The summed E-state index contributed by atoms with van der Waals surface area (Å²) in [6.07, 6.45) is 2.27. The van der Waals surface area contributed by atoms with Crippen molar-refractivity contribution in [2.24, 2.45) is 0 Å². The summed E-state index contributed by atoms with van der Waals surface area (Å²) in [6.45, 7) is 4.66. The van der Waals surface area contributed by atoms with Crippen molar-refractivity contribution in [1.82, 2.24) is 14.8 Å². The largest absolute Gasteiger partial charge is 0.479 e. The molecule has 0 saturated carbocycles. The summed E-state index contributed by atoms with van der Waals surface area (Å²) < 4.78 is 21.6. The van der Waals surface area contributed by atoms with Crippen LogP contribution in [-0.4, -0.2) is 38.6 Å². The third-order valence-corrected chi connectivity index (χ3v) is 6.20. The molecule has 3 heterocycles. The highest BCUT2D eigenvalue weighted by Crippen LogP contribution is 2.42. The third-order valence-electron chi connectivity index (χ3n) is 6.20. The van der Waals surface area contributed by atoms with Crippen LogP contribution in [0.4, 0.5) is 4.39 Å². The van der Waals surface area contributed by atoms with Gasteiger partial charge in [0.2, 0.25) is 0 Å². The van der Waals surface area contributed by atoms with Crippen molar-refractivity contribution < 1.29 is 19.0 Å². The number of hydrogen-bond acceptors (Lipinski definition) is 3. The van der Waals surface area contributed by atoms with Gasteiger partial charge in [-0.3, -0.25) is 5.10 Å². The Labute approximate surface area is 178 Å². The van der Waals surface area contributed by atoms with Gasteiger partial charge in [-0.25, -0.2) is 9.18 Å². The fourth-order valence-electron chi connectivity index (χ4n) is 4.81. The van der Waals surface area contributed by atoms with Crippen molar-refractivity contribution in [3.8, 4) is 5.69 Å². The molecule has 160 valence electrons. The van der Waals surface area contributed by atoms with Gasteiger partial charge in [0.15, 0.2) is 6.10 Å². The quantitative estimate of drug-likeness (QED) is 0.479. The molecule has 5 rings (SSSR count). The minimum absolute atomic E-state index is 0.0811. The zero-order valence-corrected chi connectivity index (χ0v) is 17.4. The van der Waals surface area contributed by atoms with Gasteiger partial charge in [0, 0.05) is 28.1 Å². The Morgan fingerprint density at radius 1 is 1.26 bits per heavy atom. The third kappa shape index (κ3) is 3.29. The number of aromatic amines is 1. The highest BCUT2D eigenvalue weighted by molar-refractivity contribution is 5.99. The normalized spacial score (nSPS) is 19.5. The fourth-order valence-corrected chi connectivity index (χ4v) is 4.81. The lowest BCUT2D eigenvalue weighted by atomic mass is 9.87. The molecule has 2 aromatic carbocycles. The van der Waals surface area contributed by atoms with Gasteiger partial charge < -0.3 is 14.4 Å². The lowest BCUT2D eigenvalue weighted by Crippen LogP contribution is -2.31. The van der Waals surface area contributed by atoms with Crippen LogP contribution >= 0.6 is 0 Å². The Balaban J connectivity index is 1.76. The number of aliphatic carboxylic acids is 1. The van der Waals surface area contributed by atoms with Crippen LogP contribution < -0.4 is 0 Å². The Kier molecular flexibility index (Phi) is 4.78. The molecule has 0 amide bonds. The smallest absolute Gasteiger partial charge is 0.332 e. The first-order valence-electron chi connectivity index (χ1n) is 10.6. The van der Waals surface area contributed by atoms with E-state index in [1.54, 1.807) is 18.3 Å². The Bertz CT molecular complexity index is 1260. The molecule has 2 N–H and O–H groups in total. The molecule has 1 fully saturated rings. The summed E-state index contributed by atoms with van der Waals surface area (Å²) in [5, 5.41) is 18.6. The van der Waals surface area contributed by atoms with Crippen molar-refractivity contribution in [3.63, 3.8) is 0 Å². The molecule has 0 radical (unpaired) electrons. The molecule has 1 saturated heterocycles. The van der Waals surface area contributed by atoms with Crippen molar-refractivity contribution in [2.45, 2.75) is 44.6 Å². The number of aromatic nitrogens is 3. The van der Waals surface area contributed by atoms with E-state index in [0.29, 0.717) is 13.0 Å². The van der Waals surface area contributed by atoms with Crippen LogP contribution in [0.25, 0.3) is 27.5 Å². The molecule has 1 aliphatic rings. The lowest BCUT2D eigenvalue weighted by molar-refractivity contribution is -0.153. The number of ether oxygens (including phenoxy) is 1. The Morgan fingerprint density at radius 2 is 2.03 bits per heavy atom. The maximum absolute atomic E-state index is 13.7. The molecule has 4 aromatic rings. The van der Waals surface area contributed by atoms with Crippen molar-refractivity contribution in [1.29, 1.82) is 0 Å². The molecular weight excluding hydrogens is 397 g/mol. The molecule has 0 aliphatic carbocycles. The average molecular weight is 421 g/mol. The lowest BCUT2D eigenvalue weighted by Gasteiger charge is -2.28. The van der Waals surface area contributed by atoms with Gasteiger partial charge >= 0.3 is 5.97 Å². The predicted molar refractivity (Wildman–Crippen MR) is 116 cm³/mol. The zero-order chi connectivity index (χ0) is 21.7. The topological polar surface area (TPSA) is 80.1 Å². The molecule has 6 nitrogen and oxygen atoms in total. The van der Waals surface area contributed by atoms with Crippen molar-refractivity contribution in [3.05, 3.63) is 59.7 Å². The SMILES string of the molecule is CC(C)c1c([C@@H]2CC[C@@H](C(=O)O)OC2)c2cc3[nH]ncc3cc2n1-c1ccc(F)cc1. The fraction of sp³-hybridized carbons (Fsp3) is 0.333. The summed E-state index contributed by atoms with van der Waals surface area (Å²) in [5.41, 5.74) is 5.18. The molecule has 2 atom stereocenters. The van der Waals surface area contributed by atoms with E-state index >= 15 is 0 Å². The summed E-state index contributed by atoms with van der Waals surface area (Å²) in [5.74, 6) is -0.904. The van der Waals surface area contributed by atoms with E-state index in [4.69, 9.17) is 4.74 Å². The number of rotatable bonds is 4. The summed E-state index contributed by atoms with van der Waals surface area (Å²) in [4.78, 5) is 11.3. The molecule has 1 aliphatic heterocycles. The second-order valence-corrected chi connectivity index (χ2v) is 8.53. The van der Waals surface area contributed by atoms with Gasteiger partial charge in [-0.2, -0.15) is 5.10 Å². The predicted octanol–water partition coefficient (Wildman–Crippen LogP) is 5.12. The van der Waals surface area contributed by atoms with Crippen LogP contribution in [0.2, 0.25) is 0 Å². The van der Waals surface area contributed by atoms with Crippen LogP contribution in [0.1, 0.15) is 49.8 Å². The number of hydrogen-bond donors (Lipinski definition) is 2. The molecular formula is C24H24FN3O3. The van der Waals surface area contributed by atoms with Gasteiger partial charge in [-0.15, -0.1) is 0 Å². The van der Waals surface area contributed by atoms with Crippen LogP contribution in [0.5, 0.6) is 0 Å². The highest BCUT2D eigenvalue weighted by atomic mass is 19.1. The first-order chi connectivity index (χ1) is 14.9. The minimum atomic E-state index is -0.907. The van der Waals surface area contributed by atoms with Crippen LogP contribution in [0.15, 0.2) is 42.6 Å². The average Bonchev–Trinajstić information content (AvgIpc) is 3.34. The summed E-state index contributed by atoms with van der Waals surface area (Å²) >= 11 is 0. The van der Waals surface area contributed by atoms with Crippen LogP contribution in [0, 0.1) is 5.82 Å². The van der Waals surface area contributed by atoms with Gasteiger partial charge in [-0.05, 0) is 60.7 Å². The second kappa shape index (κ2) is 7.50. The number of carbonyl (C=O) groups is 1. The number of nitrogens with one attached hydrogen (secondary N) is 1. The van der Waals surface area contributed by atoms with E-state index in [2.05, 4.69) is 40.7 Å². The summed E-state index contributed by atoms with van der Waals surface area (Å²) in [6, 6.07) is 10.8. The number of fused-ring (bicyclic) bond motifs is 2. The van der Waals surface area contributed by atoms with Gasteiger partial charge in [-0.1, -0.05) is 13.8 Å². The maximum Gasteiger partial charge on any atom is 0.332 e. The molecule has 7 heteroatoms. The second-order valence-electron chi connectivity index (χ2n) is 8.53. The number of carboxylic acids is 1. The summed E-state index contributed by atoms with van der Waals surface area (Å²) in [7, 11) is 0. The standard InChI is InChI=1S/C24H24FN3O3/c1-13(2)23-22(14-3-8-21(24(29)30)31-12-14)18-10-19-15(11-26-27-19)9-20(18)28(23)17-6-4-16(25)5-7-17/h4-7,9-11,13-14,21H,3,8,12H2,1-2H3,(H,26,27)(H,29,30)/t14-,21+/m1/s1. The van der Waals surface area contributed by atoms with E-state index in [1.807, 2.05) is 0 Å². The van der Waals surface area contributed by atoms with Gasteiger partial charge in [0.1, 0.15) is 5.82 Å². The molecule has 0 spiro atoms. The molecule has 0 unspecified atom stereocenters. The molecule has 2 aromatic heterocycles. The van der Waals surface area contributed by atoms with Gasteiger partial charge in [0.05, 0.1) is 23.8 Å². The maximum atomic E-state index is 13.7. The minimum Gasteiger partial charge on any atom is -0.479 e. The number of nitrogens with zero attached hydrogens (tertiary/aromatic N) is 2. The monoisotopic (exact) mass is 421 g/mol. The number of halogens is 1. The number of H-pyrrole nitrogens is 1. The van der Waals surface area contributed by atoms with Gasteiger partial charge in [0.25, 0.3) is 0 Å². The first kappa shape index (κ1) is 19.8. The number of carboxylic acid groups (broad SMARTS) is 1. The van der Waals surface area contributed by atoms with Crippen molar-refractivity contribution in [2.75, 3.05) is 6.61 Å². The van der Waals surface area contributed by atoms with Crippen LogP contribution in [0.3, 0.4) is 0 Å². The van der Waals surface area contributed by atoms with E-state index in [0.717, 1.165) is 39.6 Å². The Morgan fingerprint density at radius 3 is 2.68 bits per heavy atom.